The first-order valence-corrected chi connectivity index (χ1v) is 10.9. The van der Waals surface area contributed by atoms with Crippen LogP contribution in [0.1, 0.15) is 38.1 Å². The normalized spacial score (nSPS) is 26.0. The van der Waals surface area contributed by atoms with Crippen LogP contribution < -0.4 is 5.56 Å². The molecule has 0 aliphatic carbocycles. The molecule has 4 rings (SSSR count). The summed E-state index contributed by atoms with van der Waals surface area (Å²) >= 11 is 1.54. The topological polar surface area (TPSA) is 50.1 Å². The van der Waals surface area contributed by atoms with Crippen LogP contribution in [0.4, 0.5) is 0 Å². The molecule has 0 spiro atoms. The Morgan fingerprint density at radius 2 is 1.89 bits per heavy atom. The van der Waals surface area contributed by atoms with Gasteiger partial charge in [0.25, 0.3) is 5.56 Å². The van der Waals surface area contributed by atoms with Gasteiger partial charge in [-0.2, -0.15) is 0 Å². The van der Waals surface area contributed by atoms with Gasteiger partial charge in [-0.05, 0) is 52.6 Å². The molecule has 0 N–H and O–H groups in total. The van der Waals surface area contributed by atoms with Crippen molar-refractivity contribution in [2.75, 3.05) is 32.7 Å². The molecule has 2 aliphatic rings. The molecule has 2 unspecified atom stereocenters. The monoisotopic (exact) mass is 390 g/mol. The van der Waals surface area contributed by atoms with Crippen molar-refractivity contribution < 1.29 is 4.74 Å². The third-order valence-electron chi connectivity index (χ3n) is 5.73. The molecule has 4 heterocycles. The Hall–Kier alpha value is -1.28. The summed E-state index contributed by atoms with van der Waals surface area (Å²) in [4.78, 5) is 22.9. The second kappa shape index (κ2) is 7.99. The first-order chi connectivity index (χ1) is 13.0. The summed E-state index contributed by atoms with van der Waals surface area (Å²) in [7, 11) is 0. The lowest BCUT2D eigenvalue weighted by atomic mass is 9.95. The van der Waals surface area contributed by atoms with E-state index in [0.717, 1.165) is 55.0 Å². The van der Waals surface area contributed by atoms with Crippen LogP contribution in [0.3, 0.4) is 0 Å². The minimum Gasteiger partial charge on any atom is -0.373 e. The minimum atomic E-state index is 0.0409. The molecule has 0 bridgehead atoms. The van der Waals surface area contributed by atoms with E-state index in [2.05, 4.69) is 23.6 Å². The maximum atomic E-state index is 12.3. The highest BCUT2D eigenvalue weighted by atomic mass is 32.1. The summed E-state index contributed by atoms with van der Waals surface area (Å²) in [6.07, 6.45) is 3.13. The van der Waals surface area contributed by atoms with Gasteiger partial charge in [0, 0.05) is 43.3 Å². The molecular formula is C20H30N4O2S. The van der Waals surface area contributed by atoms with E-state index in [9.17, 15) is 4.79 Å². The van der Waals surface area contributed by atoms with Gasteiger partial charge in [0.1, 0.15) is 0 Å². The van der Waals surface area contributed by atoms with Crippen LogP contribution in [0.2, 0.25) is 0 Å². The molecule has 2 aromatic heterocycles. The molecule has 2 atom stereocenters. The van der Waals surface area contributed by atoms with Gasteiger partial charge in [0.15, 0.2) is 4.96 Å². The van der Waals surface area contributed by atoms with E-state index >= 15 is 0 Å². The number of fused-ring (bicyclic) bond motifs is 1. The van der Waals surface area contributed by atoms with Gasteiger partial charge in [-0.15, -0.1) is 11.3 Å². The van der Waals surface area contributed by atoms with E-state index in [4.69, 9.17) is 9.72 Å². The molecule has 0 saturated carbocycles. The number of hydrogen-bond donors (Lipinski definition) is 0. The van der Waals surface area contributed by atoms with E-state index in [-0.39, 0.29) is 5.56 Å². The highest BCUT2D eigenvalue weighted by molar-refractivity contribution is 7.15. The van der Waals surface area contributed by atoms with E-state index in [1.165, 1.54) is 19.4 Å². The van der Waals surface area contributed by atoms with Crippen LogP contribution in [0.5, 0.6) is 0 Å². The van der Waals surface area contributed by atoms with Gasteiger partial charge in [-0.3, -0.25) is 19.0 Å². The molecule has 0 amide bonds. The number of aryl methyl sites for hydroxylation is 1. The SMILES string of the molecule is Cc1csc2nc(CN3CCC(CN4CC(C)OC(C)C4)CC3)cc(=O)n12. The van der Waals surface area contributed by atoms with E-state index in [1.54, 1.807) is 21.8 Å². The summed E-state index contributed by atoms with van der Waals surface area (Å²) in [6, 6.07) is 1.70. The summed E-state index contributed by atoms with van der Waals surface area (Å²) in [5.74, 6) is 0.764. The van der Waals surface area contributed by atoms with Gasteiger partial charge < -0.3 is 4.74 Å². The minimum absolute atomic E-state index is 0.0409. The van der Waals surface area contributed by atoms with Crippen molar-refractivity contribution in [3.63, 3.8) is 0 Å². The molecule has 27 heavy (non-hydrogen) atoms. The molecular weight excluding hydrogens is 360 g/mol. The Labute approximate surface area is 164 Å². The number of nitrogens with zero attached hydrogens (tertiary/aromatic N) is 4. The number of aromatic nitrogens is 2. The predicted molar refractivity (Wildman–Crippen MR) is 109 cm³/mol. The Kier molecular flexibility index (Phi) is 5.64. The molecule has 0 aromatic carbocycles. The van der Waals surface area contributed by atoms with Gasteiger partial charge in [0.05, 0.1) is 17.9 Å². The van der Waals surface area contributed by atoms with E-state index in [0.29, 0.717) is 12.2 Å². The second-order valence-electron chi connectivity index (χ2n) is 8.28. The zero-order chi connectivity index (χ0) is 19.0. The van der Waals surface area contributed by atoms with Crippen molar-refractivity contribution >= 4 is 16.3 Å². The van der Waals surface area contributed by atoms with E-state index < -0.39 is 0 Å². The van der Waals surface area contributed by atoms with Crippen molar-refractivity contribution in [3.8, 4) is 0 Å². The van der Waals surface area contributed by atoms with Gasteiger partial charge >= 0.3 is 0 Å². The third kappa shape index (κ3) is 4.42. The Bertz CT molecular complexity index is 830. The first kappa shape index (κ1) is 19.1. The molecule has 6 nitrogen and oxygen atoms in total. The number of hydrogen-bond acceptors (Lipinski definition) is 6. The fourth-order valence-electron chi connectivity index (χ4n) is 4.54. The smallest absolute Gasteiger partial charge is 0.259 e. The number of likely N-dealkylation sites (tertiary alicyclic amines) is 1. The summed E-state index contributed by atoms with van der Waals surface area (Å²) in [5, 5.41) is 1.99. The summed E-state index contributed by atoms with van der Waals surface area (Å²) in [5.41, 5.74) is 1.90. The van der Waals surface area contributed by atoms with Crippen LogP contribution in [0.25, 0.3) is 4.96 Å². The molecule has 2 aliphatic heterocycles. The average molecular weight is 391 g/mol. The maximum Gasteiger partial charge on any atom is 0.259 e. The Morgan fingerprint density at radius 3 is 2.59 bits per heavy atom. The fourth-order valence-corrected chi connectivity index (χ4v) is 5.43. The lowest BCUT2D eigenvalue weighted by Gasteiger charge is -2.39. The van der Waals surface area contributed by atoms with E-state index in [1.807, 2.05) is 12.3 Å². The van der Waals surface area contributed by atoms with Gasteiger partial charge in [-0.1, -0.05) is 0 Å². The van der Waals surface area contributed by atoms with Crippen LogP contribution in [0, 0.1) is 12.8 Å². The number of thiazole rings is 1. The van der Waals surface area contributed by atoms with Crippen molar-refractivity contribution in [1.82, 2.24) is 19.2 Å². The molecule has 7 heteroatoms. The number of rotatable bonds is 4. The predicted octanol–water partition coefficient (Wildman–Crippen LogP) is 2.39. The standard InChI is InChI=1S/C20H30N4O2S/c1-14-13-27-20-21-18(8-19(25)24(14)20)12-22-6-4-17(5-7-22)11-23-9-15(2)26-16(3)10-23/h8,13,15-17H,4-7,9-12H2,1-3H3. The van der Waals surface area contributed by atoms with Crippen molar-refractivity contribution in [3.05, 3.63) is 33.2 Å². The first-order valence-electron chi connectivity index (χ1n) is 10.0. The Balaban J connectivity index is 1.31. The summed E-state index contributed by atoms with van der Waals surface area (Å²) < 4.78 is 7.55. The third-order valence-corrected chi connectivity index (χ3v) is 6.68. The molecule has 0 radical (unpaired) electrons. The molecule has 2 saturated heterocycles. The maximum absolute atomic E-state index is 12.3. The van der Waals surface area contributed by atoms with Crippen LogP contribution in [-0.4, -0.2) is 64.1 Å². The quantitative estimate of drug-likeness (QED) is 0.802. The van der Waals surface area contributed by atoms with Crippen molar-refractivity contribution in [1.29, 1.82) is 0 Å². The fraction of sp³-hybridized carbons (Fsp3) is 0.700. The molecule has 2 aromatic rings. The zero-order valence-corrected chi connectivity index (χ0v) is 17.4. The summed E-state index contributed by atoms with van der Waals surface area (Å²) in [6.45, 7) is 12.5. The van der Waals surface area contributed by atoms with Crippen molar-refractivity contribution in [2.45, 2.75) is 52.4 Å². The molecule has 2 fully saturated rings. The second-order valence-corrected chi connectivity index (χ2v) is 9.11. The number of morpholine rings is 1. The highest BCUT2D eigenvalue weighted by Crippen LogP contribution is 2.22. The van der Waals surface area contributed by atoms with Gasteiger partial charge in [0.2, 0.25) is 0 Å². The van der Waals surface area contributed by atoms with Crippen LogP contribution >= 0.6 is 11.3 Å². The lowest BCUT2D eigenvalue weighted by molar-refractivity contribution is -0.0732. The lowest BCUT2D eigenvalue weighted by Crippen LogP contribution is -2.48. The zero-order valence-electron chi connectivity index (χ0n) is 16.6. The van der Waals surface area contributed by atoms with Crippen molar-refractivity contribution in [2.24, 2.45) is 5.92 Å². The van der Waals surface area contributed by atoms with Crippen LogP contribution in [0.15, 0.2) is 16.2 Å². The average Bonchev–Trinajstić information content (AvgIpc) is 2.97. The highest BCUT2D eigenvalue weighted by Gasteiger charge is 2.26. The van der Waals surface area contributed by atoms with Gasteiger partial charge in [-0.25, -0.2) is 4.98 Å². The van der Waals surface area contributed by atoms with Crippen LogP contribution in [-0.2, 0) is 11.3 Å². The largest absolute Gasteiger partial charge is 0.373 e. The number of piperidine rings is 1. The molecule has 148 valence electrons. The number of ether oxygens (including phenoxy) is 1. The Morgan fingerprint density at radius 1 is 1.19 bits per heavy atom.